The van der Waals surface area contributed by atoms with Crippen LogP contribution in [0.3, 0.4) is 0 Å². The van der Waals surface area contributed by atoms with Gasteiger partial charge in [-0.25, -0.2) is 0 Å². The Morgan fingerprint density at radius 1 is 1.06 bits per heavy atom. The van der Waals surface area contributed by atoms with Crippen molar-refractivity contribution in [2.75, 3.05) is 19.0 Å². The second-order valence-corrected chi connectivity index (χ2v) is 8.88. The first-order valence-corrected chi connectivity index (χ1v) is 11.3. The Labute approximate surface area is 191 Å². The van der Waals surface area contributed by atoms with Crippen molar-refractivity contribution in [1.29, 1.82) is 0 Å². The zero-order chi connectivity index (χ0) is 22.1. The van der Waals surface area contributed by atoms with Gasteiger partial charge >= 0.3 is 0 Å². The number of nitrogens with zero attached hydrogens (tertiary/aromatic N) is 1. The van der Waals surface area contributed by atoms with Crippen molar-refractivity contribution in [2.24, 2.45) is 0 Å². The van der Waals surface area contributed by atoms with Gasteiger partial charge in [0.05, 0.1) is 17.7 Å². The molecule has 0 spiro atoms. The fraction of sp³-hybridized carbons (Fsp3) is 0.154. The van der Waals surface area contributed by atoms with E-state index in [0.29, 0.717) is 29.2 Å². The summed E-state index contributed by atoms with van der Waals surface area (Å²) in [6, 6.07) is 21.3. The molecule has 6 heteroatoms. The van der Waals surface area contributed by atoms with Crippen molar-refractivity contribution in [2.45, 2.75) is 17.9 Å². The fourth-order valence-corrected chi connectivity index (χ4v) is 4.93. The van der Waals surface area contributed by atoms with Crippen LogP contribution >= 0.6 is 11.8 Å². The smallest absolute Gasteiger partial charge is 0.262 e. The van der Waals surface area contributed by atoms with Gasteiger partial charge in [0.25, 0.3) is 11.8 Å². The highest BCUT2D eigenvalue weighted by Gasteiger charge is 2.25. The van der Waals surface area contributed by atoms with Crippen molar-refractivity contribution < 1.29 is 14.3 Å². The van der Waals surface area contributed by atoms with Gasteiger partial charge < -0.3 is 15.0 Å². The Hall–Kier alpha value is -3.51. The number of fused-ring (bicyclic) bond motifs is 2. The molecule has 32 heavy (non-hydrogen) atoms. The number of rotatable bonds is 3. The SMILES string of the molecule is COc1ccc(/C=C2/Sc3ccc(C(=O)N4CCc5ccccc5C4)cc3NC2=O)cc1. The molecule has 0 aromatic heterocycles. The van der Waals surface area contributed by atoms with Crippen molar-refractivity contribution in [1.82, 2.24) is 4.90 Å². The third-order valence-corrected chi connectivity index (χ3v) is 6.85. The molecule has 1 N–H and O–H groups in total. The summed E-state index contributed by atoms with van der Waals surface area (Å²) in [6.07, 6.45) is 2.71. The van der Waals surface area contributed by atoms with Crippen molar-refractivity contribution in [3.8, 4) is 5.75 Å². The molecule has 0 saturated heterocycles. The summed E-state index contributed by atoms with van der Waals surface area (Å²) in [5.41, 5.74) is 4.69. The summed E-state index contributed by atoms with van der Waals surface area (Å²) in [5, 5.41) is 2.94. The van der Waals surface area contributed by atoms with E-state index in [1.807, 2.05) is 59.5 Å². The zero-order valence-corrected chi connectivity index (χ0v) is 18.4. The van der Waals surface area contributed by atoms with Crippen LogP contribution in [0.5, 0.6) is 5.75 Å². The van der Waals surface area contributed by atoms with Gasteiger partial charge in [-0.2, -0.15) is 0 Å². The summed E-state index contributed by atoms with van der Waals surface area (Å²) >= 11 is 1.41. The van der Waals surface area contributed by atoms with Gasteiger partial charge in [0, 0.05) is 23.5 Å². The highest BCUT2D eigenvalue weighted by molar-refractivity contribution is 8.04. The number of carbonyl (C=O) groups is 2. The first kappa shape index (κ1) is 20.4. The average molecular weight is 443 g/mol. The number of hydrogen-bond acceptors (Lipinski definition) is 4. The van der Waals surface area contributed by atoms with Gasteiger partial charge in [-0.05, 0) is 59.5 Å². The number of amides is 2. The zero-order valence-electron chi connectivity index (χ0n) is 17.6. The van der Waals surface area contributed by atoms with E-state index in [1.54, 1.807) is 13.2 Å². The number of anilines is 1. The minimum absolute atomic E-state index is 0.0128. The monoisotopic (exact) mass is 442 g/mol. The Bertz CT molecular complexity index is 1230. The molecule has 0 atom stereocenters. The normalized spacial score (nSPS) is 16.2. The van der Waals surface area contributed by atoms with Crippen LogP contribution in [0.2, 0.25) is 0 Å². The number of methoxy groups -OCH3 is 1. The lowest BCUT2D eigenvalue weighted by Gasteiger charge is -2.29. The summed E-state index contributed by atoms with van der Waals surface area (Å²) in [4.78, 5) is 29.2. The maximum absolute atomic E-state index is 13.1. The Balaban J connectivity index is 1.34. The average Bonchev–Trinajstić information content (AvgIpc) is 2.84. The van der Waals surface area contributed by atoms with Crippen LogP contribution in [-0.4, -0.2) is 30.4 Å². The lowest BCUT2D eigenvalue weighted by atomic mass is 9.99. The maximum atomic E-state index is 13.1. The summed E-state index contributed by atoms with van der Waals surface area (Å²) in [6.45, 7) is 1.31. The first-order chi connectivity index (χ1) is 15.6. The van der Waals surface area contributed by atoms with Crippen LogP contribution in [0.4, 0.5) is 5.69 Å². The summed E-state index contributed by atoms with van der Waals surface area (Å²) < 4.78 is 5.18. The molecule has 2 amide bonds. The molecule has 5 rings (SSSR count). The van der Waals surface area contributed by atoms with E-state index >= 15 is 0 Å². The predicted octanol–water partition coefficient (Wildman–Crippen LogP) is 4.98. The molecule has 2 aliphatic heterocycles. The van der Waals surface area contributed by atoms with Gasteiger partial charge in [-0.15, -0.1) is 0 Å². The topological polar surface area (TPSA) is 58.6 Å². The fourth-order valence-electron chi connectivity index (χ4n) is 4.00. The third kappa shape index (κ3) is 4.01. The molecule has 0 saturated carbocycles. The third-order valence-electron chi connectivity index (χ3n) is 5.75. The predicted molar refractivity (Wildman–Crippen MR) is 127 cm³/mol. The molecular weight excluding hydrogens is 420 g/mol. The molecule has 160 valence electrons. The quantitative estimate of drug-likeness (QED) is 0.582. The van der Waals surface area contributed by atoms with Gasteiger partial charge in [-0.3, -0.25) is 9.59 Å². The standard InChI is InChI=1S/C26H22N2O3S/c1-31-21-9-6-17(7-10-21)14-24-25(29)27-22-15-19(8-11-23(22)32-24)26(30)28-13-12-18-4-2-3-5-20(18)16-28/h2-11,14-15H,12-13,16H2,1H3,(H,27,29)/b24-14+. The summed E-state index contributed by atoms with van der Waals surface area (Å²) in [5.74, 6) is 0.587. The van der Waals surface area contributed by atoms with Gasteiger partial charge in [-0.1, -0.05) is 48.2 Å². The Morgan fingerprint density at radius 2 is 1.84 bits per heavy atom. The second-order valence-electron chi connectivity index (χ2n) is 7.79. The molecular formula is C26H22N2O3S. The van der Waals surface area contributed by atoms with E-state index in [-0.39, 0.29) is 11.8 Å². The number of thioether (sulfide) groups is 1. The molecule has 2 aliphatic rings. The molecule has 0 unspecified atom stereocenters. The first-order valence-electron chi connectivity index (χ1n) is 10.5. The minimum Gasteiger partial charge on any atom is -0.497 e. The van der Waals surface area contributed by atoms with Crippen molar-refractivity contribution in [3.63, 3.8) is 0 Å². The van der Waals surface area contributed by atoms with E-state index in [2.05, 4.69) is 17.4 Å². The lowest BCUT2D eigenvalue weighted by molar-refractivity contribution is -0.112. The van der Waals surface area contributed by atoms with Crippen LogP contribution in [0.15, 0.2) is 76.5 Å². The van der Waals surface area contributed by atoms with Gasteiger partial charge in [0.15, 0.2) is 0 Å². The van der Waals surface area contributed by atoms with E-state index in [9.17, 15) is 9.59 Å². The molecule has 0 radical (unpaired) electrons. The molecule has 0 aliphatic carbocycles. The van der Waals surface area contributed by atoms with E-state index in [0.717, 1.165) is 22.6 Å². The molecule has 5 nitrogen and oxygen atoms in total. The molecule has 3 aromatic rings. The number of ether oxygens (including phenoxy) is 1. The van der Waals surface area contributed by atoms with Gasteiger partial charge in [0.1, 0.15) is 5.75 Å². The van der Waals surface area contributed by atoms with Gasteiger partial charge in [0.2, 0.25) is 0 Å². The lowest BCUT2D eigenvalue weighted by Crippen LogP contribution is -2.36. The largest absolute Gasteiger partial charge is 0.497 e. The highest BCUT2D eigenvalue weighted by atomic mass is 32.2. The molecule has 3 aromatic carbocycles. The Kier molecular flexibility index (Phi) is 5.45. The van der Waals surface area contributed by atoms with Crippen LogP contribution in [-0.2, 0) is 17.8 Å². The van der Waals surface area contributed by atoms with Crippen molar-refractivity contribution in [3.05, 3.63) is 93.9 Å². The van der Waals surface area contributed by atoms with Crippen LogP contribution in [0, 0.1) is 0 Å². The van der Waals surface area contributed by atoms with Crippen molar-refractivity contribution >= 4 is 35.3 Å². The highest BCUT2D eigenvalue weighted by Crippen LogP contribution is 2.39. The number of carbonyl (C=O) groups excluding carboxylic acids is 2. The van der Waals surface area contributed by atoms with Crippen LogP contribution < -0.4 is 10.1 Å². The van der Waals surface area contributed by atoms with E-state index < -0.39 is 0 Å². The summed E-state index contributed by atoms with van der Waals surface area (Å²) in [7, 11) is 1.62. The maximum Gasteiger partial charge on any atom is 0.262 e. The molecule has 0 fully saturated rings. The van der Waals surface area contributed by atoms with E-state index in [1.165, 1.54) is 22.9 Å². The van der Waals surface area contributed by atoms with Crippen LogP contribution in [0.25, 0.3) is 6.08 Å². The second kappa shape index (κ2) is 8.55. The number of hydrogen-bond donors (Lipinski definition) is 1. The minimum atomic E-state index is -0.171. The molecule has 2 heterocycles. The number of benzene rings is 3. The van der Waals surface area contributed by atoms with E-state index in [4.69, 9.17) is 4.74 Å². The van der Waals surface area contributed by atoms with Crippen LogP contribution in [0.1, 0.15) is 27.0 Å². The molecule has 0 bridgehead atoms. The number of nitrogens with one attached hydrogen (secondary N) is 1. The Morgan fingerprint density at radius 3 is 2.62 bits per heavy atom.